The third kappa shape index (κ3) is 4.20. The summed E-state index contributed by atoms with van der Waals surface area (Å²) in [4.78, 5) is 7.68. The molecule has 4 N–H and O–H groups in total. The van der Waals surface area contributed by atoms with Crippen LogP contribution in [0.15, 0.2) is 6.20 Å². The summed E-state index contributed by atoms with van der Waals surface area (Å²) in [7, 11) is 0. The maximum absolute atomic E-state index is 9.66. The second-order valence-electron chi connectivity index (χ2n) is 4.09. The SMILES string of the molecule is CC(C)CC(O)CNc1nc(N)ncc1Cl. The first kappa shape index (κ1) is 13.0. The highest BCUT2D eigenvalue weighted by molar-refractivity contribution is 6.32. The van der Waals surface area contributed by atoms with Crippen molar-refractivity contribution >= 4 is 23.4 Å². The van der Waals surface area contributed by atoms with Gasteiger partial charge >= 0.3 is 0 Å². The van der Waals surface area contributed by atoms with Crippen LogP contribution in [-0.2, 0) is 0 Å². The summed E-state index contributed by atoms with van der Waals surface area (Å²) < 4.78 is 0. The fourth-order valence-electron chi connectivity index (χ4n) is 1.35. The standard InChI is InChI=1S/C10H17ClN4O/c1-6(2)3-7(16)4-13-9-8(11)5-14-10(12)15-9/h5-7,16H,3-4H2,1-2H3,(H3,12,13,14,15). The van der Waals surface area contributed by atoms with Gasteiger partial charge in [0.1, 0.15) is 5.02 Å². The predicted molar refractivity (Wildman–Crippen MR) is 65.4 cm³/mol. The lowest BCUT2D eigenvalue weighted by Gasteiger charge is -2.14. The molecule has 1 aromatic heterocycles. The Hall–Kier alpha value is -1.07. The van der Waals surface area contributed by atoms with Gasteiger partial charge in [-0.3, -0.25) is 0 Å². The first-order valence-corrected chi connectivity index (χ1v) is 5.56. The molecular weight excluding hydrogens is 228 g/mol. The number of aromatic nitrogens is 2. The fourth-order valence-corrected chi connectivity index (χ4v) is 1.50. The second-order valence-corrected chi connectivity index (χ2v) is 4.50. The van der Waals surface area contributed by atoms with E-state index in [0.717, 1.165) is 6.42 Å². The van der Waals surface area contributed by atoms with Crippen LogP contribution in [-0.4, -0.2) is 27.7 Å². The quantitative estimate of drug-likeness (QED) is 0.732. The maximum atomic E-state index is 9.66. The molecule has 1 rings (SSSR count). The normalized spacial score (nSPS) is 12.8. The van der Waals surface area contributed by atoms with Gasteiger partial charge in [-0.05, 0) is 12.3 Å². The van der Waals surface area contributed by atoms with Crippen molar-refractivity contribution in [3.63, 3.8) is 0 Å². The number of hydrogen-bond donors (Lipinski definition) is 3. The molecule has 0 saturated heterocycles. The third-order valence-corrected chi connectivity index (χ3v) is 2.29. The Morgan fingerprint density at radius 2 is 2.25 bits per heavy atom. The molecule has 0 aliphatic heterocycles. The molecule has 0 bridgehead atoms. The molecule has 1 heterocycles. The maximum Gasteiger partial charge on any atom is 0.222 e. The highest BCUT2D eigenvalue weighted by Gasteiger charge is 2.09. The molecule has 6 heteroatoms. The number of halogens is 1. The van der Waals surface area contributed by atoms with E-state index in [1.807, 2.05) is 0 Å². The summed E-state index contributed by atoms with van der Waals surface area (Å²) in [5.41, 5.74) is 5.43. The number of nitrogens with zero attached hydrogens (tertiary/aromatic N) is 2. The monoisotopic (exact) mass is 244 g/mol. The van der Waals surface area contributed by atoms with Crippen molar-refractivity contribution in [1.82, 2.24) is 9.97 Å². The summed E-state index contributed by atoms with van der Waals surface area (Å²) in [5, 5.41) is 13.0. The highest BCUT2D eigenvalue weighted by atomic mass is 35.5. The van der Waals surface area contributed by atoms with Crippen molar-refractivity contribution < 1.29 is 5.11 Å². The lowest BCUT2D eigenvalue weighted by atomic mass is 10.1. The first-order valence-electron chi connectivity index (χ1n) is 5.19. The average Bonchev–Trinajstić information content (AvgIpc) is 2.18. The second kappa shape index (κ2) is 5.86. The van der Waals surface area contributed by atoms with Crippen LogP contribution in [0.4, 0.5) is 11.8 Å². The van der Waals surface area contributed by atoms with Crippen molar-refractivity contribution in [1.29, 1.82) is 0 Å². The van der Waals surface area contributed by atoms with Gasteiger partial charge in [0.2, 0.25) is 5.95 Å². The number of anilines is 2. The Kier molecular flexibility index (Phi) is 4.76. The molecule has 16 heavy (non-hydrogen) atoms. The smallest absolute Gasteiger partial charge is 0.222 e. The van der Waals surface area contributed by atoms with Gasteiger partial charge < -0.3 is 16.2 Å². The van der Waals surface area contributed by atoms with E-state index in [1.165, 1.54) is 6.20 Å². The zero-order valence-electron chi connectivity index (χ0n) is 9.44. The fraction of sp³-hybridized carbons (Fsp3) is 0.600. The summed E-state index contributed by atoms with van der Waals surface area (Å²) in [5.74, 6) is 1.06. The van der Waals surface area contributed by atoms with Gasteiger partial charge in [-0.1, -0.05) is 25.4 Å². The van der Waals surface area contributed by atoms with Crippen LogP contribution in [0.3, 0.4) is 0 Å². The molecule has 0 saturated carbocycles. The number of hydrogen-bond acceptors (Lipinski definition) is 5. The van der Waals surface area contributed by atoms with Gasteiger partial charge in [-0.15, -0.1) is 0 Å². The molecule has 1 aromatic rings. The molecule has 0 spiro atoms. The van der Waals surface area contributed by atoms with Gasteiger partial charge in [0.15, 0.2) is 5.82 Å². The van der Waals surface area contributed by atoms with Crippen LogP contribution in [0, 0.1) is 5.92 Å². The van der Waals surface area contributed by atoms with E-state index in [0.29, 0.717) is 23.3 Å². The summed E-state index contributed by atoms with van der Waals surface area (Å²) in [6.45, 7) is 4.51. The van der Waals surface area contributed by atoms with E-state index in [4.69, 9.17) is 17.3 Å². The molecule has 0 fully saturated rings. The molecular formula is C10H17ClN4O. The lowest BCUT2D eigenvalue weighted by Crippen LogP contribution is -2.22. The molecule has 90 valence electrons. The van der Waals surface area contributed by atoms with E-state index in [-0.39, 0.29) is 5.95 Å². The Morgan fingerprint density at radius 1 is 1.56 bits per heavy atom. The zero-order chi connectivity index (χ0) is 12.1. The molecule has 0 radical (unpaired) electrons. The van der Waals surface area contributed by atoms with E-state index >= 15 is 0 Å². The first-order chi connectivity index (χ1) is 7.49. The van der Waals surface area contributed by atoms with Crippen molar-refractivity contribution in [2.24, 2.45) is 5.92 Å². The van der Waals surface area contributed by atoms with E-state index < -0.39 is 6.10 Å². The lowest BCUT2D eigenvalue weighted by molar-refractivity contribution is 0.161. The van der Waals surface area contributed by atoms with E-state index in [2.05, 4.69) is 29.1 Å². The van der Waals surface area contributed by atoms with Crippen molar-refractivity contribution in [3.05, 3.63) is 11.2 Å². The molecule has 0 aliphatic carbocycles. The van der Waals surface area contributed by atoms with Crippen LogP contribution in [0.1, 0.15) is 20.3 Å². The topological polar surface area (TPSA) is 84.1 Å². The number of aliphatic hydroxyl groups excluding tert-OH is 1. The van der Waals surface area contributed by atoms with Crippen molar-refractivity contribution in [3.8, 4) is 0 Å². The molecule has 1 atom stereocenters. The van der Waals surface area contributed by atoms with Crippen molar-refractivity contribution in [2.45, 2.75) is 26.4 Å². The van der Waals surface area contributed by atoms with Gasteiger partial charge in [0.25, 0.3) is 0 Å². The number of nitrogens with one attached hydrogen (secondary N) is 1. The molecule has 0 amide bonds. The highest BCUT2D eigenvalue weighted by Crippen LogP contribution is 2.18. The van der Waals surface area contributed by atoms with Crippen LogP contribution in [0.5, 0.6) is 0 Å². The Labute approximate surface area is 100 Å². The summed E-state index contributed by atoms with van der Waals surface area (Å²) in [6, 6.07) is 0. The largest absolute Gasteiger partial charge is 0.391 e. The average molecular weight is 245 g/mol. The molecule has 0 aromatic carbocycles. The predicted octanol–water partition coefficient (Wildman–Crippen LogP) is 1.53. The minimum absolute atomic E-state index is 0.158. The molecule has 0 aliphatic rings. The van der Waals surface area contributed by atoms with Gasteiger partial charge in [0.05, 0.1) is 12.3 Å². The summed E-state index contributed by atoms with van der Waals surface area (Å²) in [6.07, 6.45) is 1.74. The third-order valence-electron chi connectivity index (χ3n) is 2.01. The van der Waals surface area contributed by atoms with Gasteiger partial charge in [0, 0.05) is 6.54 Å². The molecule has 5 nitrogen and oxygen atoms in total. The minimum Gasteiger partial charge on any atom is -0.391 e. The minimum atomic E-state index is -0.424. The van der Waals surface area contributed by atoms with E-state index in [1.54, 1.807) is 0 Å². The van der Waals surface area contributed by atoms with Crippen LogP contribution >= 0.6 is 11.6 Å². The Morgan fingerprint density at radius 3 is 2.88 bits per heavy atom. The summed E-state index contributed by atoms with van der Waals surface area (Å²) >= 11 is 5.86. The van der Waals surface area contributed by atoms with Crippen molar-refractivity contribution in [2.75, 3.05) is 17.6 Å². The number of nitrogen functional groups attached to an aromatic ring is 1. The number of rotatable bonds is 5. The number of aliphatic hydroxyl groups is 1. The van der Waals surface area contributed by atoms with Gasteiger partial charge in [-0.25, -0.2) is 4.98 Å². The Balaban J connectivity index is 2.51. The molecule has 1 unspecified atom stereocenters. The van der Waals surface area contributed by atoms with Crippen LogP contribution in [0.2, 0.25) is 5.02 Å². The number of nitrogens with two attached hydrogens (primary N) is 1. The van der Waals surface area contributed by atoms with Crippen LogP contribution in [0.25, 0.3) is 0 Å². The van der Waals surface area contributed by atoms with E-state index in [9.17, 15) is 5.11 Å². The zero-order valence-corrected chi connectivity index (χ0v) is 10.2. The Bertz CT molecular complexity index is 346. The van der Waals surface area contributed by atoms with Crippen LogP contribution < -0.4 is 11.1 Å². The van der Waals surface area contributed by atoms with Gasteiger partial charge in [-0.2, -0.15) is 4.98 Å².